The number of rotatable bonds is 5. The lowest BCUT2D eigenvalue weighted by atomic mass is 9.92. The first-order chi connectivity index (χ1) is 15.5. The highest BCUT2D eigenvalue weighted by molar-refractivity contribution is 6.30. The first kappa shape index (κ1) is 23.4. The summed E-state index contributed by atoms with van der Waals surface area (Å²) in [4.78, 5) is 13.2. The van der Waals surface area contributed by atoms with Crippen LogP contribution >= 0.6 is 11.6 Å². The Labute approximate surface area is 195 Å². The van der Waals surface area contributed by atoms with Crippen LogP contribution in [0.25, 0.3) is 5.57 Å². The van der Waals surface area contributed by atoms with E-state index in [0.717, 1.165) is 41.7 Å². The lowest BCUT2D eigenvalue weighted by Crippen LogP contribution is -2.30. The van der Waals surface area contributed by atoms with Gasteiger partial charge in [0.2, 0.25) is 6.41 Å². The van der Waals surface area contributed by atoms with Gasteiger partial charge in [-0.3, -0.25) is 4.79 Å². The first-order valence-corrected chi connectivity index (χ1v) is 11.1. The molecule has 1 aliphatic rings. The summed E-state index contributed by atoms with van der Waals surface area (Å²) in [6.07, 6.45) is 4.86. The summed E-state index contributed by atoms with van der Waals surface area (Å²) >= 11 is 6.12. The molecule has 1 aliphatic heterocycles. The molecule has 0 radical (unpaired) electrons. The molecule has 0 fully saturated rings. The Morgan fingerprint density at radius 1 is 1.09 bits per heavy atom. The molecule has 0 aromatic heterocycles. The van der Waals surface area contributed by atoms with Gasteiger partial charge in [-0.2, -0.15) is 0 Å². The average molecular weight is 449 g/mol. The molecule has 2 N–H and O–H groups in total. The van der Waals surface area contributed by atoms with Crippen LogP contribution in [0.4, 0.5) is 5.69 Å². The van der Waals surface area contributed by atoms with Crippen LogP contribution in [0, 0.1) is 0 Å². The summed E-state index contributed by atoms with van der Waals surface area (Å²) < 4.78 is 5.20. The molecule has 1 amide bonds. The summed E-state index contributed by atoms with van der Waals surface area (Å²) in [5.41, 5.74) is 11.3. The molecular weight excluding hydrogens is 420 g/mol. The third kappa shape index (κ3) is 5.92. The number of hydrogen-bond donors (Lipinski definition) is 1. The van der Waals surface area contributed by atoms with E-state index in [9.17, 15) is 4.79 Å². The van der Waals surface area contributed by atoms with Crippen molar-refractivity contribution >= 4 is 29.3 Å². The lowest BCUT2D eigenvalue weighted by molar-refractivity contribution is -0.119. The molecule has 0 saturated carbocycles. The number of ether oxygens (including phenoxy) is 1. The van der Waals surface area contributed by atoms with Gasteiger partial charge < -0.3 is 15.4 Å². The van der Waals surface area contributed by atoms with Crippen molar-refractivity contribution in [2.75, 3.05) is 19.4 Å². The lowest BCUT2D eigenvalue weighted by Gasteiger charge is -2.32. The number of amides is 1. The van der Waals surface area contributed by atoms with Crippen LogP contribution in [-0.4, -0.2) is 25.0 Å². The number of hydrogen-bond acceptors (Lipinski definition) is 3. The van der Waals surface area contributed by atoms with Gasteiger partial charge in [-0.1, -0.05) is 67.1 Å². The molecule has 166 valence electrons. The second-order valence-corrected chi connectivity index (χ2v) is 8.01. The van der Waals surface area contributed by atoms with Crippen LogP contribution < -0.4 is 10.5 Å². The number of methoxy groups -OCH3 is 1. The van der Waals surface area contributed by atoms with E-state index < -0.39 is 0 Å². The molecule has 0 aliphatic carbocycles. The second kappa shape index (κ2) is 11.4. The van der Waals surface area contributed by atoms with Gasteiger partial charge in [-0.15, -0.1) is 0 Å². The number of nitrogens with zero attached hydrogens (tertiary/aromatic N) is 1. The minimum Gasteiger partial charge on any atom is -0.497 e. The van der Waals surface area contributed by atoms with Crippen LogP contribution in [0.5, 0.6) is 5.75 Å². The van der Waals surface area contributed by atoms with Crippen molar-refractivity contribution in [2.24, 2.45) is 0 Å². The molecule has 4 rings (SSSR count). The third-order valence-corrected chi connectivity index (χ3v) is 5.80. The predicted octanol–water partition coefficient (Wildman–Crippen LogP) is 6.17. The fourth-order valence-corrected chi connectivity index (χ4v) is 3.88. The number of nitrogens with two attached hydrogens (primary N) is 1. The molecule has 1 atom stereocenters. The predicted molar refractivity (Wildman–Crippen MR) is 133 cm³/mol. The van der Waals surface area contributed by atoms with Crippen LogP contribution in [0.3, 0.4) is 0 Å². The Hall–Kier alpha value is -3.24. The standard InChI is InChI=1S/C19H19ClN2O2.C8H10/c1-24-16-5-2-13(3-6-16)19-10-14(8-9-22(19)12-23)17-11-15(20)4-7-18(17)21;1-2-8-6-4-3-5-7-8/h2-7,10-12,19H,8-9,21H2,1H3;3-7H,2H2,1H3. The summed E-state index contributed by atoms with van der Waals surface area (Å²) in [6, 6.07) is 23.5. The van der Waals surface area contributed by atoms with Gasteiger partial charge in [0.05, 0.1) is 13.2 Å². The highest BCUT2D eigenvalue weighted by Gasteiger charge is 2.23. The van der Waals surface area contributed by atoms with Crippen molar-refractivity contribution in [1.82, 2.24) is 4.90 Å². The fraction of sp³-hybridized carbons (Fsp3) is 0.222. The molecule has 32 heavy (non-hydrogen) atoms. The molecule has 0 bridgehead atoms. The van der Waals surface area contributed by atoms with Gasteiger partial charge in [-0.05, 0) is 59.9 Å². The van der Waals surface area contributed by atoms with Gasteiger partial charge in [0, 0.05) is 22.8 Å². The van der Waals surface area contributed by atoms with Crippen molar-refractivity contribution in [3.05, 3.63) is 101 Å². The Bertz CT molecular complexity index is 1050. The summed E-state index contributed by atoms with van der Waals surface area (Å²) in [5, 5.41) is 0.652. The van der Waals surface area contributed by atoms with E-state index in [4.69, 9.17) is 22.1 Å². The van der Waals surface area contributed by atoms with Gasteiger partial charge >= 0.3 is 0 Å². The summed E-state index contributed by atoms with van der Waals surface area (Å²) in [5.74, 6) is 0.788. The van der Waals surface area contributed by atoms with Crippen LogP contribution in [0.15, 0.2) is 78.9 Å². The maximum atomic E-state index is 11.5. The van der Waals surface area contributed by atoms with Gasteiger partial charge in [0.1, 0.15) is 5.75 Å². The fourth-order valence-electron chi connectivity index (χ4n) is 3.71. The zero-order chi connectivity index (χ0) is 22.9. The van der Waals surface area contributed by atoms with E-state index in [-0.39, 0.29) is 6.04 Å². The molecule has 4 nitrogen and oxygen atoms in total. The highest BCUT2D eigenvalue weighted by atomic mass is 35.5. The van der Waals surface area contributed by atoms with Crippen LogP contribution in [-0.2, 0) is 11.2 Å². The number of carbonyl (C=O) groups excluding carboxylic acids is 1. The van der Waals surface area contributed by atoms with Crippen molar-refractivity contribution in [3.63, 3.8) is 0 Å². The molecule has 5 heteroatoms. The Morgan fingerprint density at radius 3 is 2.41 bits per heavy atom. The molecule has 3 aromatic carbocycles. The number of benzene rings is 3. The number of anilines is 1. The molecule has 1 unspecified atom stereocenters. The average Bonchev–Trinajstić information content (AvgIpc) is 2.86. The minimum absolute atomic E-state index is 0.129. The van der Waals surface area contributed by atoms with Crippen molar-refractivity contribution < 1.29 is 9.53 Å². The smallest absolute Gasteiger partial charge is 0.210 e. The minimum atomic E-state index is -0.129. The van der Waals surface area contributed by atoms with Crippen LogP contribution in [0.2, 0.25) is 5.02 Å². The largest absolute Gasteiger partial charge is 0.497 e. The maximum Gasteiger partial charge on any atom is 0.210 e. The van der Waals surface area contributed by atoms with Gasteiger partial charge in [0.25, 0.3) is 0 Å². The van der Waals surface area contributed by atoms with E-state index >= 15 is 0 Å². The molecule has 3 aromatic rings. The molecule has 0 spiro atoms. The number of carbonyl (C=O) groups is 1. The summed E-state index contributed by atoms with van der Waals surface area (Å²) in [7, 11) is 1.63. The second-order valence-electron chi connectivity index (χ2n) is 7.57. The van der Waals surface area contributed by atoms with Crippen LogP contribution in [0.1, 0.15) is 36.1 Å². The van der Waals surface area contributed by atoms with E-state index in [2.05, 4.69) is 37.3 Å². The normalized spacial score (nSPS) is 15.3. The Kier molecular flexibility index (Phi) is 8.34. The van der Waals surface area contributed by atoms with E-state index in [1.54, 1.807) is 18.1 Å². The summed E-state index contributed by atoms with van der Waals surface area (Å²) in [6.45, 7) is 2.80. The van der Waals surface area contributed by atoms with E-state index in [1.807, 2.05) is 42.5 Å². The van der Waals surface area contributed by atoms with E-state index in [0.29, 0.717) is 17.3 Å². The first-order valence-electron chi connectivity index (χ1n) is 10.7. The Morgan fingerprint density at radius 2 is 1.81 bits per heavy atom. The zero-order valence-corrected chi connectivity index (χ0v) is 19.3. The molecule has 0 saturated heterocycles. The quantitative estimate of drug-likeness (QED) is 0.375. The zero-order valence-electron chi connectivity index (χ0n) is 18.5. The van der Waals surface area contributed by atoms with Gasteiger partial charge in [-0.25, -0.2) is 0 Å². The number of halogens is 1. The molecule has 1 heterocycles. The van der Waals surface area contributed by atoms with E-state index in [1.165, 1.54) is 5.56 Å². The Balaban J connectivity index is 0.000000305. The number of aryl methyl sites for hydroxylation is 1. The topological polar surface area (TPSA) is 55.6 Å². The van der Waals surface area contributed by atoms with Gasteiger partial charge in [0.15, 0.2) is 0 Å². The third-order valence-electron chi connectivity index (χ3n) is 5.56. The SMILES string of the molecule is CCc1ccccc1.COc1ccc(C2C=C(c3cc(Cl)ccc3N)CCN2C=O)cc1. The maximum absolute atomic E-state index is 11.5. The van der Waals surface area contributed by atoms with Crippen molar-refractivity contribution in [1.29, 1.82) is 0 Å². The van der Waals surface area contributed by atoms with Crippen molar-refractivity contribution in [3.8, 4) is 5.75 Å². The monoisotopic (exact) mass is 448 g/mol. The number of nitrogen functional groups attached to an aromatic ring is 1. The molecular formula is C27H29ClN2O2. The van der Waals surface area contributed by atoms with Crippen molar-refractivity contribution in [2.45, 2.75) is 25.8 Å². The highest BCUT2D eigenvalue weighted by Crippen LogP contribution is 2.36.